The molecule has 0 bridgehead atoms. The molecule has 52 heavy (non-hydrogen) atoms. The van der Waals surface area contributed by atoms with Crippen LogP contribution < -0.4 is 0 Å². The Bertz CT molecular complexity index is 3290. The lowest BCUT2D eigenvalue weighted by Gasteiger charge is -2.10. The lowest BCUT2D eigenvalue weighted by molar-refractivity contribution is 1.08. The summed E-state index contributed by atoms with van der Waals surface area (Å²) in [7, 11) is 0. The third kappa shape index (κ3) is 3.70. The molecule has 1 aliphatic carbocycles. The highest BCUT2D eigenvalue weighted by atomic mass is 15.1. The van der Waals surface area contributed by atoms with Crippen molar-refractivity contribution in [1.29, 1.82) is 0 Å². The van der Waals surface area contributed by atoms with Gasteiger partial charge in [-0.15, -0.1) is 0 Å². The number of hydrogen-bond acceptors (Lipinski definition) is 2. The monoisotopic (exact) mass is 660 g/mol. The van der Waals surface area contributed by atoms with Gasteiger partial charge in [0.15, 0.2) is 0 Å². The number of aromatic nitrogens is 4. The van der Waals surface area contributed by atoms with Crippen molar-refractivity contribution in [2.45, 2.75) is 0 Å². The molecule has 4 aromatic heterocycles. The van der Waals surface area contributed by atoms with Crippen LogP contribution in [0.15, 0.2) is 170 Å². The normalized spacial score (nSPS) is 12.2. The first-order chi connectivity index (χ1) is 25.8. The van der Waals surface area contributed by atoms with E-state index in [0.717, 1.165) is 33.6 Å². The van der Waals surface area contributed by atoms with Gasteiger partial charge in [-0.2, -0.15) is 0 Å². The van der Waals surface area contributed by atoms with E-state index in [1.807, 2.05) is 12.4 Å². The van der Waals surface area contributed by atoms with E-state index in [1.165, 1.54) is 76.6 Å². The Labute approximate surface area is 298 Å². The average Bonchev–Trinajstić information content (AvgIpc) is 3.84. The van der Waals surface area contributed by atoms with Gasteiger partial charge in [0.2, 0.25) is 0 Å². The fourth-order valence-corrected chi connectivity index (χ4v) is 8.88. The Morgan fingerprint density at radius 3 is 1.98 bits per heavy atom. The number of fused-ring (bicyclic) bond motifs is 11. The average molecular weight is 661 g/mol. The van der Waals surface area contributed by atoms with E-state index in [9.17, 15) is 0 Å². The van der Waals surface area contributed by atoms with Crippen molar-refractivity contribution in [3.05, 3.63) is 170 Å². The van der Waals surface area contributed by atoms with Crippen LogP contribution in [0.1, 0.15) is 0 Å². The number of rotatable bonds is 3. The minimum Gasteiger partial charge on any atom is -0.309 e. The zero-order valence-corrected chi connectivity index (χ0v) is 28.0. The van der Waals surface area contributed by atoms with Gasteiger partial charge in [0, 0.05) is 50.6 Å². The molecule has 0 radical (unpaired) electrons. The fraction of sp³-hybridized carbons (Fsp3) is 0. The Morgan fingerprint density at radius 2 is 1.10 bits per heavy atom. The lowest BCUT2D eigenvalue weighted by Crippen LogP contribution is -1.98. The molecule has 0 aliphatic heterocycles. The number of para-hydroxylation sites is 2. The van der Waals surface area contributed by atoms with Gasteiger partial charge in [0.1, 0.15) is 5.82 Å². The van der Waals surface area contributed by atoms with Crippen LogP contribution in [-0.2, 0) is 0 Å². The molecule has 0 unspecified atom stereocenters. The van der Waals surface area contributed by atoms with Crippen molar-refractivity contribution in [1.82, 2.24) is 19.1 Å². The Kier molecular flexibility index (Phi) is 5.47. The molecule has 0 saturated heterocycles. The van der Waals surface area contributed by atoms with Crippen LogP contribution >= 0.6 is 0 Å². The molecular weight excluding hydrogens is 633 g/mol. The largest absolute Gasteiger partial charge is 0.309 e. The van der Waals surface area contributed by atoms with Crippen molar-refractivity contribution in [2.24, 2.45) is 0 Å². The highest BCUT2D eigenvalue weighted by molar-refractivity contribution is 6.22. The molecule has 0 fully saturated rings. The van der Waals surface area contributed by atoms with Crippen LogP contribution in [-0.4, -0.2) is 19.1 Å². The summed E-state index contributed by atoms with van der Waals surface area (Å²) in [6, 6.07) is 57.3. The standard InChI is InChI=1S/C48H28N4/c1-2-10-32(11-3-1)51-44-21-19-31(26-39(44)48-33-12-5-4-9-29(33)17-22-45(48)51)30-18-20-43-38(25-30)34-13-6-7-16-42(34)52(43)46-27-37-35-14-8-15-41-47(35)36(23-24-49-41)40(37)28-50-46/h1-28H. The molecule has 4 heteroatoms. The quantitative estimate of drug-likeness (QED) is 0.189. The Balaban J connectivity index is 1.07. The Hall–Kier alpha value is -7.04. The van der Waals surface area contributed by atoms with E-state index >= 15 is 0 Å². The summed E-state index contributed by atoms with van der Waals surface area (Å²) in [6.07, 6.45) is 3.94. The third-order valence-electron chi connectivity index (χ3n) is 11.1. The second-order valence-corrected chi connectivity index (χ2v) is 13.8. The molecule has 11 aromatic rings. The van der Waals surface area contributed by atoms with E-state index < -0.39 is 0 Å². The summed E-state index contributed by atoms with van der Waals surface area (Å²) in [5.41, 5.74) is 14.1. The number of nitrogens with zero attached hydrogens (tertiary/aromatic N) is 4. The zero-order valence-electron chi connectivity index (χ0n) is 28.0. The van der Waals surface area contributed by atoms with Gasteiger partial charge in [-0.1, -0.05) is 91.0 Å². The maximum Gasteiger partial charge on any atom is 0.138 e. The van der Waals surface area contributed by atoms with Crippen molar-refractivity contribution < 1.29 is 0 Å². The number of hydrogen-bond donors (Lipinski definition) is 0. The van der Waals surface area contributed by atoms with Gasteiger partial charge in [-0.3, -0.25) is 9.55 Å². The molecule has 12 rings (SSSR count). The summed E-state index contributed by atoms with van der Waals surface area (Å²) in [6.45, 7) is 0. The second kappa shape index (κ2) is 10.3. The van der Waals surface area contributed by atoms with Crippen LogP contribution in [0.5, 0.6) is 0 Å². The molecule has 4 nitrogen and oxygen atoms in total. The van der Waals surface area contributed by atoms with E-state index in [-0.39, 0.29) is 0 Å². The summed E-state index contributed by atoms with van der Waals surface area (Å²) < 4.78 is 4.72. The summed E-state index contributed by atoms with van der Waals surface area (Å²) in [5.74, 6) is 0.914. The number of benzene rings is 7. The first-order valence-electron chi connectivity index (χ1n) is 17.7. The molecule has 0 spiro atoms. The predicted octanol–water partition coefficient (Wildman–Crippen LogP) is 12.3. The van der Waals surface area contributed by atoms with Gasteiger partial charge >= 0.3 is 0 Å². The molecule has 0 saturated carbocycles. The predicted molar refractivity (Wildman–Crippen MR) is 216 cm³/mol. The Morgan fingerprint density at radius 1 is 0.385 bits per heavy atom. The minimum atomic E-state index is 0.914. The smallest absolute Gasteiger partial charge is 0.138 e. The topological polar surface area (TPSA) is 35.6 Å². The zero-order chi connectivity index (χ0) is 33.9. The first kappa shape index (κ1) is 27.7. The van der Waals surface area contributed by atoms with Crippen molar-refractivity contribution in [2.75, 3.05) is 0 Å². The molecule has 0 N–H and O–H groups in total. The van der Waals surface area contributed by atoms with Crippen LogP contribution in [0.4, 0.5) is 0 Å². The maximum absolute atomic E-state index is 5.10. The van der Waals surface area contributed by atoms with Gasteiger partial charge in [-0.05, 0) is 105 Å². The van der Waals surface area contributed by atoms with E-state index in [1.54, 1.807) is 0 Å². The molecule has 7 aromatic carbocycles. The molecule has 0 amide bonds. The van der Waals surface area contributed by atoms with Gasteiger partial charge in [0.25, 0.3) is 0 Å². The van der Waals surface area contributed by atoms with Crippen LogP contribution in [0.2, 0.25) is 0 Å². The van der Waals surface area contributed by atoms with Crippen molar-refractivity contribution in [3.63, 3.8) is 0 Å². The van der Waals surface area contributed by atoms with Gasteiger partial charge in [-0.25, -0.2) is 4.98 Å². The molecule has 240 valence electrons. The van der Waals surface area contributed by atoms with Crippen LogP contribution in [0.3, 0.4) is 0 Å². The third-order valence-corrected chi connectivity index (χ3v) is 11.1. The first-order valence-corrected chi connectivity index (χ1v) is 17.7. The molecule has 1 aliphatic rings. The summed E-state index contributed by atoms with van der Waals surface area (Å²) in [4.78, 5) is 9.75. The number of pyridine rings is 2. The SMILES string of the molecule is c1ccc(-n2c3ccc(-c4ccc5c(c4)c4ccccc4n5-c4cc5c(cn4)-c4ccnc6cccc-5c46)cc3c3c4ccccc4ccc32)cc1. The van der Waals surface area contributed by atoms with Crippen molar-refractivity contribution >= 4 is 65.3 Å². The summed E-state index contributed by atoms with van der Waals surface area (Å²) >= 11 is 0. The molecular formula is C48H28N4. The van der Waals surface area contributed by atoms with E-state index in [4.69, 9.17) is 4.98 Å². The fourth-order valence-electron chi connectivity index (χ4n) is 8.88. The second-order valence-electron chi connectivity index (χ2n) is 13.8. The maximum atomic E-state index is 5.10. The minimum absolute atomic E-state index is 0.914. The summed E-state index contributed by atoms with van der Waals surface area (Å²) in [5, 5.41) is 8.69. The van der Waals surface area contributed by atoms with Gasteiger partial charge < -0.3 is 4.57 Å². The highest BCUT2D eigenvalue weighted by Gasteiger charge is 2.24. The van der Waals surface area contributed by atoms with E-state index in [0.29, 0.717) is 0 Å². The lowest BCUT2D eigenvalue weighted by atomic mass is 9.99. The molecule has 4 heterocycles. The van der Waals surface area contributed by atoms with Crippen LogP contribution in [0.25, 0.3) is 110 Å². The van der Waals surface area contributed by atoms with E-state index in [2.05, 4.69) is 172 Å². The van der Waals surface area contributed by atoms with Crippen molar-refractivity contribution in [3.8, 4) is 44.9 Å². The van der Waals surface area contributed by atoms with Crippen LogP contribution in [0, 0.1) is 0 Å². The van der Waals surface area contributed by atoms with Gasteiger partial charge in [0.05, 0.1) is 27.6 Å². The molecule has 0 atom stereocenters. The highest BCUT2D eigenvalue weighted by Crippen LogP contribution is 2.47.